The molecule has 162 valence electrons. The number of rotatable bonds is 6. The summed E-state index contributed by atoms with van der Waals surface area (Å²) in [7, 11) is 0. The van der Waals surface area contributed by atoms with Crippen molar-refractivity contribution in [1.82, 2.24) is 4.57 Å². The molecule has 1 fully saturated rings. The largest absolute Gasteiger partial charge is 0.396 e. The number of nitrogens with one attached hydrogen (secondary N) is 1. The highest BCUT2D eigenvalue weighted by molar-refractivity contribution is 6.35. The van der Waals surface area contributed by atoms with Crippen molar-refractivity contribution >= 4 is 51.3 Å². The molecule has 3 N–H and O–H groups in total. The lowest BCUT2D eigenvalue weighted by Gasteiger charge is -2.18. The maximum Gasteiger partial charge on any atom is 0.202 e. The van der Waals surface area contributed by atoms with Crippen LogP contribution in [0.3, 0.4) is 0 Å². The second-order valence-corrected chi connectivity index (χ2v) is 8.46. The van der Waals surface area contributed by atoms with E-state index in [1.165, 1.54) is 17.7 Å². The topological polar surface area (TPSA) is 77.1 Å². The zero-order valence-corrected chi connectivity index (χ0v) is 18.1. The first-order chi connectivity index (χ1) is 14.7. The first kappa shape index (κ1) is 21.6. The molecular weight excluding hydrogens is 447 g/mol. The van der Waals surface area contributed by atoms with E-state index in [2.05, 4.69) is 5.32 Å². The first-order valence-corrected chi connectivity index (χ1v) is 10.5. The number of nitrogens with two attached hydrogens (primary N) is 1. The van der Waals surface area contributed by atoms with Crippen LogP contribution in [0.4, 0.5) is 20.2 Å². The van der Waals surface area contributed by atoms with E-state index in [1.807, 2.05) is 0 Å². The molecule has 31 heavy (non-hydrogen) atoms. The molecule has 0 atom stereocenters. The molecule has 0 saturated heterocycles. The summed E-state index contributed by atoms with van der Waals surface area (Å²) in [5, 5.41) is 3.38. The molecule has 1 aliphatic rings. The SMILES string of the molecule is CC(=O)c1cn(C2CC2)c2c(F)c(NCCc3ccc(Cl)cc3Cl)c(F)c(N)c2c1=O. The lowest BCUT2D eigenvalue weighted by atomic mass is 10.0. The van der Waals surface area contributed by atoms with Crippen molar-refractivity contribution in [3.05, 3.63) is 67.4 Å². The van der Waals surface area contributed by atoms with Crippen molar-refractivity contribution in [2.45, 2.75) is 32.2 Å². The fraction of sp³-hybridized carbons (Fsp3) is 0.273. The van der Waals surface area contributed by atoms with E-state index in [0.717, 1.165) is 18.4 Å². The molecule has 1 aliphatic carbocycles. The number of hydrogen-bond acceptors (Lipinski definition) is 4. The van der Waals surface area contributed by atoms with E-state index in [-0.39, 0.29) is 29.1 Å². The van der Waals surface area contributed by atoms with Crippen molar-refractivity contribution < 1.29 is 13.6 Å². The fourth-order valence-corrected chi connectivity index (χ4v) is 4.16. The molecule has 2 aromatic carbocycles. The molecule has 9 heteroatoms. The molecule has 0 amide bonds. The van der Waals surface area contributed by atoms with Crippen molar-refractivity contribution in [3.63, 3.8) is 0 Å². The minimum atomic E-state index is -1.06. The predicted molar refractivity (Wildman–Crippen MR) is 119 cm³/mol. The molecule has 1 aromatic heterocycles. The van der Waals surface area contributed by atoms with Crippen LogP contribution in [0.1, 0.15) is 41.7 Å². The molecule has 0 aliphatic heterocycles. The number of hydrogen-bond donors (Lipinski definition) is 2. The summed E-state index contributed by atoms with van der Waals surface area (Å²) >= 11 is 12.0. The number of nitrogens with zero attached hydrogens (tertiary/aromatic N) is 1. The Hall–Kier alpha value is -2.64. The van der Waals surface area contributed by atoms with Crippen LogP contribution in [0, 0.1) is 11.6 Å². The Balaban J connectivity index is 1.78. The van der Waals surface area contributed by atoms with Crippen LogP contribution in [0.5, 0.6) is 0 Å². The Morgan fingerprint density at radius 2 is 1.97 bits per heavy atom. The number of anilines is 2. The number of pyridine rings is 1. The van der Waals surface area contributed by atoms with E-state index in [4.69, 9.17) is 28.9 Å². The zero-order valence-electron chi connectivity index (χ0n) is 16.6. The monoisotopic (exact) mass is 465 g/mol. The smallest absolute Gasteiger partial charge is 0.202 e. The lowest BCUT2D eigenvalue weighted by Crippen LogP contribution is -2.21. The Morgan fingerprint density at radius 1 is 1.26 bits per heavy atom. The zero-order chi connectivity index (χ0) is 22.4. The van der Waals surface area contributed by atoms with Crippen molar-refractivity contribution in [3.8, 4) is 0 Å². The van der Waals surface area contributed by atoms with Gasteiger partial charge in [0.15, 0.2) is 17.4 Å². The van der Waals surface area contributed by atoms with Crippen molar-refractivity contribution in [2.24, 2.45) is 0 Å². The normalized spacial score (nSPS) is 13.6. The highest BCUT2D eigenvalue weighted by atomic mass is 35.5. The molecule has 1 saturated carbocycles. The molecule has 0 radical (unpaired) electrons. The van der Waals surface area contributed by atoms with E-state index in [1.54, 1.807) is 18.2 Å². The van der Waals surface area contributed by atoms with Gasteiger partial charge in [0.2, 0.25) is 5.43 Å². The van der Waals surface area contributed by atoms with E-state index in [0.29, 0.717) is 16.5 Å². The summed E-state index contributed by atoms with van der Waals surface area (Å²) in [5.41, 5.74) is 4.79. The van der Waals surface area contributed by atoms with Gasteiger partial charge in [-0.1, -0.05) is 29.3 Å². The second-order valence-electron chi connectivity index (χ2n) is 7.62. The van der Waals surface area contributed by atoms with Crippen LogP contribution in [-0.2, 0) is 6.42 Å². The van der Waals surface area contributed by atoms with Crippen LogP contribution in [0.15, 0.2) is 29.2 Å². The van der Waals surface area contributed by atoms with Gasteiger partial charge in [-0.05, 0) is 43.9 Å². The maximum atomic E-state index is 15.5. The number of benzene rings is 2. The first-order valence-electron chi connectivity index (χ1n) is 9.74. The van der Waals surface area contributed by atoms with Crippen molar-refractivity contribution in [1.29, 1.82) is 0 Å². The van der Waals surface area contributed by atoms with Gasteiger partial charge in [-0.2, -0.15) is 0 Å². The third-order valence-corrected chi connectivity index (χ3v) is 6.01. The minimum Gasteiger partial charge on any atom is -0.396 e. The third kappa shape index (κ3) is 3.88. The number of nitrogen functional groups attached to an aromatic ring is 1. The maximum absolute atomic E-state index is 15.5. The average Bonchev–Trinajstić information content (AvgIpc) is 3.55. The third-order valence-electron chi connectivity index (χ3n) is 5.42. The molecular formula is C22H19Cl2F2N3O2. The number of carbonyl (C=O) groups is 1. The number of ketones is 1. The van der Waals surface area contributed by atoms with Crippen LogP contribution in [-0.4, -0.2) is 16.9 Å². The second kappa shape index (κ2) is 8.13. The number of carbonyl (C=O) groups excluding carboxylic acids is 1. The van der Waals surface area contributed by atoms with Gasteiger partial charge in [0.1, 0.15) is 5.69 Å². The molecule has 5 nitrogen and oxygen atoms in total. The Kier molecular flexibility index (Phi) is 5.66. The van der Waals surface area contributed by atoms with Gasteiger partial charge in [-0.15, -0.1) is 0 Å². The molecule has 4 rings (SSSR count). The number of aromatic nitrogens is 1. The van der Waals surface area contributed by atoms with E-state index in [9.17, 15) is 9.59 Å². The van der Waals surface area contributed by atoms with Crippen LogP contribution in [0.2, 0.25) is 10.0 Å². The van der Waals surface area contributed by atoms with Crippen molar-refractivity contribution in [2.75, 3.05) is 17.6 Å². The van der Waals surface area contributed by atoms with E-state index >= 15 is 8.78 Å². The quantitative estimate of drug-likeness (QED) is 0.379. The van der Waals surface area contributed by atoms with Gasteiger partial charge >= 0.3 is 0 Å². The van der Waals surface area contributed by atoms with Gasteiger partial charge < -0.3 is 15.6 Å². The number of halogens is 4. The summed E-state index contributed by atoms with van der Waals surface area (Å²) in [6.45, 7) is 1.40. The summed E-state index contributed by atoms with van der Waals surface area (Å²) in [6.07, 6.45) is 3.27. The van der Waals surface area contributed by atoms with Crippen LogP contribution >= 0.6 is 23.2 Å². The highest BCUT2D eigenvalue weighted by Crippen LogP contribution is 2.40. The van der Waals surface area contributed by atoms with Crippen LogP contribution in [0.25, 0.3) is 10.9 Å². The number of Topliss-reactive ketones (excluding diaryl/α,β-unsaturated/α-hetero) is 1. The van der Waals surface area contributed by atoms with Gasteiger partial charge in [-0.25, -0.2) is 8.78 Å². The predicted octanol–water partition coefficient (Wildman–Crippen LogP) is 5.36. The Morgan fingerprint density at radius 3 is 2.58 bits per heavy atom. The van der Waals surface area contributed by atoms with Gasteiger partial charge in [0.25, 0.3) is 0 Å². The molecule has 0 spiro atoms. The molecule has 3 aromatic rings. The Bertz CT molecular complexity index is 1290. The standard InChI is InChI=1S/C22H19Cl2F2N3O2/c1-10(30)14-9-29(13-4-5-13)21-16(22(14)31)19(27)17(25)20(18(21)26)28-7-6-11-2-3-12(23)8-15(11)24/h2-3,8-9,13,28H,4-7,27H2,1H3. The molecule has 0 bridgehead atoms. The summed E-state index contributed by atoms with van der Waals surface area (Å²) in [5.74, 6) is -2.46. The summed E-state index contributed by atoms with van der Waals surface area (Å²) < 4.78 is 32.0. The average molecular weight is 466 g/mol. The van der Waals surface area contributed by atoms with E-state index < -0.39 is 34.2 Å². The minimum absolute atomic E-state index is 0.0683. The summed E-state index contributed by atoms with van der Waals surface area (Å²) in [6, 6.07) is 4.94. The Labute approximate surface area is 186 Å². The number of fused-ring (bicyclic) bond motifs is 1. The fourth-order valence-electron chi connectivity index (χ4n) is 3.66. The summed E-state index contributed by atoms with van der Waals surface area (Å²) in [4.78, 5) is 24.7. The molecule has 1 heterocycles. The van der Waals surface area contributed by atoms with Gasteiger partial charge in [-0.3, -0.25) is 9.59 Å². The lowest BCUT2D eigenvalue weighted by molar-refractivity contribution is 0.101. The molecule has 0 unspecified atom stereocenters. The van der Waals surface area contributed by atoms with Gasteiger partial charge in [0, 0.05) is 28.8 Å². The van der Waals surface area contributed by atoms with Gasteiger partial charge in [0.05, 0.1) is 22.2 Å². The van der Waals surface area contributed by atoms with Crippen LogP contribution < -0.4 is 16.5 Å². The highest BCUT2D eigenvalue weighted by Gasteiger charge is 2.31.